The van der Waals surface area contributed by atoms with Crippen LogP contribution in [0, 0.1) is 6.92 Å². The molecule has 1 atom stereocenters. The molecule has 0 spiro atoms. The lowest BCUT2D eigenvalue weighted by Gasteiger charge is -2.25. The highest BCUT2D eigenvalue weighted by Crippen LogP contribution is 2.51. The van der Waals surface area contributed by atoms with Gasteiger partial charge in [0.05, 0.1) is 0 Å². The largest absolute Gasteiger partial charge is 0.353 e. The van der Waals surface area contributed by atoms with Crippen molar-refractivity contribution in [1.82, 2.24) is 5.32 Å². The maximum absolute atomic E-state index is 12.3. The Balaban J connectivity index is 1.56. The van der Waals surface area contributed by atoms with Crippen molar-refractivity contribution in [1.29, 1.82) is 0 Å². The summed E-state index contributed by atoms with van der Waals surface area (Å²) in [6.45, 7) is 4.22. The average molecular weight is 386 g/mol. The van der Waals surface area contributed by atoms with E-state index >= 15 is 0 Å². The Bertz CT molecular complexity index is 702. The predicted molar refractivity (Wildman–Crippen MR) is 102 cm³/mol. The molecular formula is C21H24BrNO. The molecule has 0 radical (unpaired) electrons. The van der Waals surface area contributed by atoms with Gasteiger partial charge in [-0.05, 0) is 56.4 Å². The third-order valence-electron chi connectivity index (χ3n) is 5.18. The van der Waals surface area contributed by atoms with Crippen LogP contribution in [-0.2, 0) is 16.6 Å². The van der Waals surface area contributed by atoms with Gasteiger partial charge in [0.1, 0.15) is 0 Å². The van der Waals surface area contributed by atoms with Crippen LogP contribution in [0.4, 0.5) is 0 Å². The van der Waals surface area contributed by atoms with E-state index in [0.717, 1.165) is 23.7 Å². The van der Waals surface area contributed by atoms with Crippen molar-refractivity contribution >= 4 is 21.8 Å². The standard InChI is InChI=1S/C21H24BrNO/c1-15-3-5-17(6-4-15)7-12-20(24)23-16(2)21(13-14-21)18-8-10-19(22)11-9-18/h3-6,8-11,16H,7,12-14H2,1-2H3,(H,23,24). The maximum Gasteiger partial charge on any atom is 0.220 e. The lowest BCUT2D eigenvalue weighted by molar-refractivity contribution is -0.121. The van der Waals surface area contributed by atoms with E-state index in [4.69, 9.17) is 0 Å². The van der Waals surface area contributed by atoms with E-state index in [1.807, 2.05) is 0 Å². The predicted octanol–water partition coefficient (Wildman–Crippen LogP) is 4.93. The molecule has 0 aliphatic heterocycles. The second kappa shape index (κ2) is 7.10. The Morgan fingerprint density at radius 3 is 2.33 bits per heavy atom. The van der Waals surface area contributed by atoms with Crippen LogP contribution in [0.2, 0.25) is 0 Å². The molecule has 0 saturated heterocycles. The van der Waals surface area contributed by atoms with Crippen molar-refractivity contribution in [2.24, 2.45) is 0 Å². The van der Waals surface area contributed by atoms with Crippen molar-refractivity contribution < 1.29 is 4.79 Å². The lowest BCUT2D eigenvalue weighted by atomic mass is 9.89. The molecule has 3 rings (SSSR count). The van der Waals surface area contributed by atoms with Gasteiger partial charge in [-0.2, -0.15) is 0 Å². The molecule has 0 aromatic heterocycles. The lowest BCUT2D eigenvalue weighted by Crippen LogP contribution is -2.41. The van der Waals surface area contributed by atoms with Gasteiger partial charge in [-0.1, -0.05) is 57.9 Å². The fourth-order valence-corrected chi connectivity index (χ4v) is 3.62. The summed E-state index contributed by atoms with van der Waals surface area (Å²) in [7, 11) is 0. The molecule has 1 amide bonds. The fourth-order valence-electron chi connectivity index (χ4n) is 3.35. The molecule has 0 heterocycles. The number of carbonyl (C=O) groups is 1. The second-order valence-corrected chi connectivity index (χ2v) is 7.85. The number of aryl methyl sites for hydroxylation is 2. The molecule has 1 N–H and O–H groups in total. The second-order valence-electron chi connectivity index (χ2n) is 6.94. The van der Waals surface area contributed by atoms with E-state index < -0.39 is 0 Å². The van der Waals surface area contributed by atoms with E-state index in [-0.39, 0.29) is 17.4 Å². The van der Waals surface area contributed by atoms with Gasteiger partial charge >= 0.3 is 0 Å². The number of amides is 1. The molecule has 2 nitrogen and oxygen atoms in total. The highest BCUT2D eigenvalue weighted by atomic mass is 79.9. The molecule has 126 valence electrons. The third kappa shape index (κ3) is 3.89. The van der Waals surface area contributed by atoms with E-state index in [9.17, 15) is 4.79 Å². The molecule has 1 fully saturated rings. The number of rotatable bonds is 6. The zero-order chi connectivity index (χ0) is 17.2. The molecule has 24 heavy (non-hydrogen) atoms. The molecule has 1 aliphatic carbocycles. The van der Waals surface area contributed by atoms with Crippen molar-refractivity contribution in [3.63, 3.8) is 0 Å². The number of hydrogen-bond acceptors (Lipinski definition) is 1. The summed E-state index contributed by atoms with van der Waals surface area (Å²) in [5.41, 5.74) is 3.93. The van der Waals surface area contributed by atoms with E-state index in [1.54, 1.807) is 0 Å². The van der Waals surface area contributed by atoms with Crippen LogP contribution in [0.15, 0.2) is 53.0 Å². The minimum Gasteiger partial charge on any atom is -0.353 e. The number of benzene rings is 2. The van der Waals surface area contributed by atoms with Crippen LogP contribution in [0.3, 0.4) is 0 Å². The van der Waals surface area contributed by atoms with Gasteiger partial charge in [0.25, 0.3) is 0 Å². The molecule has 1 aliphatic rings. The fraction of sp³-hybridized carbons (Fsp3) is 0.381. The van der Waals surface area contributed by atoms with Crippen LogP contribution in [0.5, 0.6) is 0 Å². The number of hydrogen-bond donors (Lipinski definition) is 1. The van der Waals surface area contributed by atoms with Gasteiger partial charge in [0.15, 0.2) is 0 Å². The smallest absolute Gasteiger partial charge is 0.220 e. The molecular weight excluding hydrogens is 362 g/mol. The Hall–Kier alpha value is -1.61. The van der Waals surface area contributed by atoms with Crippen molar-refractivity contribution in [3.8, 4) is 0 Å². The molecule has 0 bridgehead atoms. The quantitative estimate of drug-likeness (QED) is 0.750. The molecule has 2 aromatic carbocycles. The van der Waals surface area contributed by atoms with Crippen LogP contribution in [-0.4, -0.2) is 11.9 Å². The Labute approximate surface area is 152 Å². The summed E-state index contributed by atoms with van der Waals surface area (Å²) in [5.74, 6) is 0.145. The number of halogens is 1. The van der Waals surface area contributed by atoms with Crippen LogP contribution in [0.25, 0.3) is 0 Å². The highest BCUT2D eigenvalue weighted by molar-refractivity contribution is 9.10. The highest BCUT2D eigenvalue weighted by Gasteiger charge is 2.49. The first-order valence-corrected chi connectivity index (χ1v) is 9.40. The van der Waals surface area contributed by atoms with Crippen molar-refractivity contribution in [2.75, 3.05) is 0 Å². The summed E-state index contributed by atoms with van der Waals surface area (Å²) in [4.78, 5) is 12.3. The van der Waals surface area contributed by atoms with E-state index in [1.165, 1.54) is 16.7 Å². The normalized spacial score (nSPS) is 16.5. The minimum atomic E-state index is 0.125. The maximum atomic E-state index is 12.3. The first-order chi connectivity index (χ1) is 11.5. The Morgan fingerprint density at radius 1 is 1.12 bits per heavy atom. The van der Waals surface area contributed by atoms with Crippen LogP contribution < -0.4 is 5.32 Å². The molecule has 3 heteroatoms. The average Bonchev–Trinajstić information content (AvgIpc) is 3.37. The topological polar surface area (TPSA) is 29.1 Å². The third-order valence-corrected chi connectivity index (χ3v) is 5.70. The van der Waals surface area contributed by atoms with Gasteiger partial charge in [0.2, 0.25) is 5.91 Å². The first-order valence-electron chi connectivity index (χ1n) is 8.60. The van der Waals surface area contributed by atoms with E-state index in [2.05, 4.69) is 83.6 Å². The first kappa shape index (κ1) is 17.2. The van der Waals surface area contributed by atoms with Gasteiger partial charge < -0.3 is 5.32 Å². The number of nitrogens with one attached hydrogen (secondary N) is 1. The van der Waals surface area contributed by atoms with Crippen molar-refractivity contribution in [2.45, 2.75) is 51.0 Å². The summed E-state index contributed by atoms with van der Waals surface area (Å²) in [6.07, 6.45) is 3.63. The molecule has 2 aromatic rings. The SMILES string of the molecule is Cc1ccc(CCC(=O)NC(C)C2(c3ccc(Br)cc3)CC2)cc1. The molecule has 1 unspecified atom stereocenters. The van der Waals surface area contributed by atoms with Gasteiger partial charge in [0, 0.05) is 22.4 Å². The zero-order valence-corrected chi connectivity index (χ0v) is 15.9. The van der Waals surface area contributed by atoms with Gasteiger partial charge in [-0.3, -0.25) is 4.79 Å². The monoisotopic (exact) mass is 385 g/mol. The summed E-state index contributed by atoms with van der Waals surface area (Å²) < 4.78 is 1.09. The molecule has 1 saturated carbocycles. The van der Waals surface area contributed by atoms with Crippen LogP contribution >= 0.6 is 15.9 Å². The Morgan fingerprint density at radius 2 is 1.75 bits per heavy atom. The van der Waals surface area contributed by atoms with Gasteiger partial charge in [-0.15, -0.1) is 0 Å². The van der Waals surface area contributed by atoms with Gasteiger partial charge in [-0.25, -0.2) is 0 Å². The number of carbonyl (C=O) groups excluding carboxylic acids is 1. The summed E-state index contributed by atoms with van der Waals surface area (Å²) >= 11 is 3.49. The summed E-state index contributed by atoms with van der Waals surface area (Å²) in [6, 6.07) is 17.1. The summed E-state index contributed by atoms with van der Waals surface area (Å²) in [5, 5.41) is 3.23. The Kier molecular flexibility index (Phi) is 5.09. The van der Waals surface area contributed by atoms with E-state index in [0.29, 0.717) is 6.42 Å². The van der Waals surface area contributed by atoms with Crippen LogP contribution in [0.1, 0.15) is 42.9 Å². The van der Waals surface area contributed by atoms with Crippen molar-refractivity contribution in [3.05, 3.63) is 69.7 Å². The minimum absolute atomic E-state index is 0.125. The zero-order valence-electron chi connectivity index (χ0n) is 14.3.